The molecule has 1 atom stereocenters. The molecule has 1 amide bonds. The fourth-order valence-corrected chi connectivity index (χ4v) is 3.65. The quantitative estimate of drug-likeness (QED) is 0.880. The van der Waals surface area contributed by atoms with Gasteiger partial charge in [0.05, 0.1) is 4.91 Å². The van der Waals surface area contributed by atoms with Crippen LogP contribution in [0.5, 0.6) is 0 Å². The molecular formula is C17H13Cl2NO2S. The van der Waals surface area contributed by atoms with Crippen molar-refractivity contribution in [1.29, 1.82) is 0 Å². The van der Waals surface area contributed by atoms with E-state index < -0.39 is 6.23 Å². The highest BCUT2D eigenvalue weighted by Gasteiger charge is 2.37. The number of rotatable bonds is 4. The number of aliphatic hydroxyl groups is 1. The Bertz CT molecular complexity index is 747. The summed E-state index contributed by atoms with van der Waals surface area (Å²) in [6, 6.07) is 16.6. The van der Waals surface area contributed by atoms with E-state index in [0.29, 0.717) is 16.5 Å². The molecule has 0 radical (unpaired) electrons. The highest BCUT2D eigenvalue weighted by atomic mass is 35.5. The van der Waals surface area contributed by atoms with Gasteiger partial charge in [-0.15, -0.1) is 0 Å². The van der Waals surface area contributed by atoms with E-state index in [0.717, 1.165) is 10.5 Å². The lowest BCUT2D eigenvalue weighted by Gasteiger charge is -2.22. The van der Waals surface area contributed by atoms with Crippen molar-refractivity contribution in [2.75, 3.05) is 0 Å². The molecule has 1 heterocycles. The second-order valence-corrected chi connectivity index (χ2v) is 6.96. The summed E-state index contributed by atoms with van der Waals surface area (Å²) in [5.74, 6) is -0.362. The molecule has 0 unspecified atom stereocenters. The Labute approximate surface area is 148 Å². The maximum absolute atomic E-state index is 12.3. The zero-order valence-corrected chi connectivity index (χ0v) is 14.3. The minimum Gasteiger partial charge on any atom is -0.369 e. The summed E-state index contributed by atoms with van der Waals surface area (Å²) >= 11 is 13.3. The smallest absolute Gasteiger partial charge is 0.268 e. The topological polar surface area (TPSA) is 40.5 Å². The fourth-order valence-electron chi connectivity index (χ4n) is 2.26. The molecule has 2 aromatic carbocycles. The first-order valence-electron chi connectivity index (χ1n) is 6.92. The third-order valence-corrected chi connectivity index (χ3v) is 5.30. The number of aliphatic hydroxyl groups excluding tert-OH is 1. The second-order valence-electron chi connectivity index (χ2n) is 5.03. The van der Waals surface area contributed by atoms with Crippen LogP contribution in [0.2, 0.25) is 5.02 Å². The second kappa shape index (κ2) is 6.97. The molecule has 0 bridgehead atoms. The summed E-state index contributed by atoms with van der Waals surface area (Å²) < 4.78 is 0. The average Bonchev–Trinajstić information content (AvgIpc) is 2.76. The summed E-state index contributed by atoms with van der Waals surface area (Å²) in [7, 11) is 0. The lowest BCUT2D eigenvalue weighted by atomic mass is 10.2. The monoisotopic (exact) mass is 365 g/mol. The first-order valence-corrected chi connectivity index (χ1v) is 8.49. The molecule has 0 spiro atoms. The van der Waals surface area contributed by atoms with Crippen molar-refractivity contribution in [3.8, 4) is 0 Å². The van der Waals surface area contributed by atoms with Crippen LogP contribution in [-0.2, 0) is 11.3 Å². The number of hydrogen-bond donors (Lipinski definition) is 1. The molecule has 2 aromatic rings. The van der Waals surface area contributed by atoms with Crippen molar-refractivity contribution in [3.05, 3.63) is 75.1 Å². The van der Waals surface area contributed by atoms with Crippen LogP contribution in [0, 0.1) is 0 Å². The van der Waals surface area contributed by atoms with Gasteiger partial charge in [0.15, 0.2) is 6.23 Å². The SMILES string of the molecule is O=C1C(Cl)=C(Sc2ccc(Cl)cc2)[C@H](O)N1Cc1ccccc1. The van der Waals surface area contributed by atoms with E-state index in [4.69, 9.17) is 23.2 Å². The van der Waals surface area contributed by atoms with Gasteiger partial charge in [-0.05, 0) is 29.8 Å². The van der Waals surface area contributed by atoms with Gasteiger partial charge < -0.3 is 10.0 Å². The number of benzene rings is 2. The number of amides is 1. The Morgan fingerprint density at radius 1 is 1.04 bits per heavy atom. The predicted octanol–water partition coefficient (Wildman–Crippen LogP) is 4.24. The van der Waals surface area contributed by atoms with Gasteiger partial charge >= 0.3 is 0 Å². The molecule has 118 valence electrons. The van der Waals surface area contributed by atoms with Crippen molar-refractivity contribution in [2.24, 2.45) is 0 Å². The van der Waals surface area contributed by atoms with E-state index in [9.17, 15) is 9.90 Å². The van der Waals surface area contributed by atoms with Gasteiger partial charge in [0.2, 0.25) is 0 Å². The standard InChI is InChI=1S/C17H13Cl2NO2S/c18-12-6-8-13(9-7-12)23-15-14(19)16(21)20(17(15)22)10-11-4-2-1-3-5-11/h1-9,17,22H,10H2/t17-/m0/s1. The van der Waals surface area contributed by atoms with Crippen LogP contribution in [0.4, 0.5) is 0 Å². The van der Waals surface area contributed by atoms with Gasteiger partial charge in [0, 0.05) is 16.5 Å². The third-order valence-electron chi connectivity index (χ3n) is 3.43. The van der Waals surface area contributed by atoms with Crippen molar-refractivity contribution in [3.63, 3.8) is 0 Å². The minimum atomic E-state index is -1.05. The summed E-state index contributed by atoms with van der Waals surface area (Å²) in [6.45, 7) is 0.307. The van der Waals surface area contributed by atoms with Crippen molar-refractivity contribution >= 4 is 40.9 Å². The largest absolute Gasteiger partial charge is 0.369 e. The molecular weight excluding hydrogens is 353 g/mol. The molecule has 0 saturated heterocycles. The van der Waals surface area contributed by atoms with Crippen LogP contribution in [0.1, 0.15) is 5.56 Å². The highest BCUT2D eigenvalue weighted by molar-refractivity contribution is 8.03. The van der Waals surface area contributed by atoms with Crippen LogP contribution >= 0.6 is 35.0 Å². The molecule has 23 heavy (non-hydrogen) atoms. The van der Waals surface area contributed by atoms with E-state index in [1.165, 1.54) is 16.7 Å². The van der Waals surface area contributed by atoms with Gasteiger partial charge in [-0.1, -0.05) is 65.3 Å². The number of halogens is 2. The lowest BCUT2D eigenvalue weighted by Crippen LogP contribution is -2.34. The zero-order chi connectivity index (χ0) is 16.4. The highest BCUT2D eigenvalue weighted by Crippen LogP contribution is 2.40. The van der Waals surface area contributed by atoms with E-state index in [1.54, 1.807) is 12.1 Å². The maximum Gasteiger partial charge on any atom is 0.268 e. The summed E-state index contributed by atoms with van der Waals surface area (Å²) in [4.78, 5) is 15.0. The molecule has 0 saturated carbocycles. The van der Waals surface area contributed by atoms with Gasteiger partial charge in [-0.25, -0.2) is 0 Å². The number of thioether (sulfide) groups is 1. The molecule has 6 heteroatoms. The average molecular weight is 366 g/mol. The predicted molar refractivity (Wildman–Crippen MR) is 93.2 cm³/mol. The molecule has 0 aromatic heterocycles. The third kappa shape index (κ3) is 3.56. The zero-order valence-electron chi connectivity index (χ0n) is 11.9. The maximum atomic E-state index is 12.3. The summed E-state index contributed by atoms with van der Waals surface area (Å²) in [5, 5.41) is 11.2. The van der Waals surface area contributed by atoms with Crippen molar-refractivity contribution < 1.29 is 9.90 Å². The molecule has 1 N–H and O–H groups in total. The fraction of sp³-hybridized carbons (Fsp3) is 0.118. The molecule has 3 rings (SSSR count). The number of nitrogens with zero attached hydrogens (tertiary/aromatic N) is 1. The molecule has 1 aliphatic rings. The van der Waals surface area contributed by atoms with Crippen LogP contribution in [-0.4, -0.2) is 22.1 Å². The van der Waals surface area contributed by atoms with E-state index in [-0.39, 0.29) is 10.9 Å². The molecule has 3 nitrogen and oxygen atoms in total. The number of carbonyl (C=O) groups excluding carboxylic acids is 1. The van der Waals surface area contributed by atoms with Crippen LogP contribution in [0.15, 0.2) is 69.4 Å². The Kier molecular flexibility index (Phi) is 4.97. The molecule has 1 aliphatic heterocycles. The van der Waals surface area contributed by atoms with Crippen LogP contribution < -0.4 is 0 Å². The van der Waals surface area contributed by atoms with E-state index in [2.05, 4.69) is 0 Å². The molecule has 0 aliphatic carbocycles. The Balaban J connectivity index is 1.79. The van der Waals surface area contributed by atoms with Gasteiger partial charge in [-0.3, -0.25) is 4.79 Å². The van der Waals surface area contributed by atoms with E-state index >= 15 is 0 Å². The lowest BCUT2D eigenvalue weighted by molar-refractivity contribution is -0.132. The van der Waals surface area contributed by atoms with Gasteiger partial charge in [0.25, 0.3) is 5.91 Å². The Morgan fingerprint density at radius 3 is 2.35 bits per heavy atom. The normalized spacial score (nSPS) is 18.0. The number of carbonyl (C=O) groups is 1. The first kappa shape index (κ1) is 16.4. The molecule has 0 fully saturated rings. The Hall–Kier alpha value is -1.46. The van der Waals surface area contributed by atoms with Crippen LogP contribution in [0.25, 0.3) is 0 Å². The minimum absolute atomic E-state index is 0.0633. The summed E-state index contributed by atoms with van der Waals surface area (Å²) in [6.07, 6.45) is -1.05. The van der Waals surface area contributed by atoms with Crippen LogP contribution in [0.3, 0.4) is 0 Å². The summed E-state index contributed by atoms with van der Waals surface area (Å²) in [5.41, 5.74) is 0.933. The number of hydrogen-bond acceptors (Lipinski definition) is 3. The first-order chi connectivity index (χ1) is 11.1. The van der Waals surface area contributed by atoms with Gasteiger partial charge in [0.1, 0.15) is 5.03 Å². The van der Waals surface area contributed by atoms with E-state index in [1.807, 2.05) is 42.5 Å². The van der Waals surface area contributed by atoms with Crippen molar-refractivity contribution in [1.82, 2.24) is 4.90 Å². The van der Waals surface area contributed by atoms with Crippen molar-refractivity contribution in [2.45, 2.75) is 17.7 Å². The Morgan fingerprint density at radius 2 is 1.70 bits per heavy atom. The van der Waals surface area contributed by atoms with Gasteiger partial charge in [-0.2, -0.15) is 0 Å².